The molecule has 0 aromatic heterocycles. The fraction of sp³-hybridized carbons (Fsp3) is 0.222. The molecule has 0 bridgehead atoms. The third-order valence-corrected chi connectivity index (χ3v) is 7.15. The second-order valence-corrected chi connectivity index (χ2v) is 10.4. The number of benzene rings is 3. The van der Waals surface area contributed by atoms with E-state index in [4.69, 9.17) is 4.74 Å². The highest BCUT2D eigenvalue weighted by molar-refractivity contribution is 7.92. The van der Waals surface area contributed by atoms with Gasteiger partial charge in [-0.1, -0.05) is 38.1 Å². The molecule has 5 nitrogen and oxygen atoms in total. The van der Waals surface area contributed by atoms with Gasteiger partial charge in [-0.2, -0.15) is 13.2 Å². The first kappa shape index (κ1) is 27.0. The average Bonchev–Trinajstić information content (AvgIpc) is 2.81. The zero-order valence-electron chi connectivity index (χ0n) is 20.0. The van der Waals surface area contributed by atoms with Crippen molar-refractivity contribution in [2.24, 2.45) is 0 Å². The highest BCUT2D eigenvalue weighted by Gasteiger charge is 2.32. The third-order valence-electron chi connectivity index (χ3n) is 5.36. The molecule has 0 aliphatic carbocycles. The van der Waals surface area contributed by atoms with Crippen LogP contribution in [0, 0.1) is 6.92 Å². The van der Waals surface area contributed by atoms with Gasteiger partial charge in [-0.3, -0.25) is 4.31 Å². The molecule has 0 saturated carbocycles. The van der Waals surface area contributed by atoms with Gasteiger partial charge in [0.15, 0.2) is 0 Å². The molecule has 0 spiro atoms. The largest absolute Gasteiger partial charge is 0.423 e. The van der Waals surface area contributed by atoms with E-state index in [9.17, 15) is 26.4 Å². The summed E-state index contributed by atoms with van der Waals surface area (Å²) >= 11 is 0. The van der Waals surface area contributed by atoms with Gasteiger partial charge in [0.2, 0.25) is 0 Å². The smallest absolute Gasteiger partial charge is 0.416 e. The molecule has 0 atom stereocenters. The number of ether oxygens (including phenoxy) is 1. The molecule has 0 saturated heterocycles. The summed E-state index contributed by atoms with van der Waals surface area (Å²) in [6.07, 6.45) is -3.38. The maximum absolute atomic E-state index is 13.4. The molecule has 0 radical (unpaired) electrons. The van der Waals surface area contributed by atoms with Crippen LogP contribution in [0.4, 0.5) is 18.9 Å². The number of carbonyl (C=O) groups is 1. The van der Waals surface area contributed by atoms with E-state index in [0.717, 1.165) is 39.7 Å². The number of carbonyl (C=O) groups excluding carboxylic acids is 1. The predicted molar refractivity (Wildman–Crippen MR) is 133 cm³/mol. The molecule has 190 valence electrons. The zero-order chi connectivity index (χ0) is 26.7. The summed E-state index contributed by atoms with van der Waals surface area (Å²) in [4.78, 5) is 12.6. The number of sulfonamides is 1. The van der Waals surface area contributed by atoms with Gasteiger partial charge in [0, 0.05) is 0 Å². The molecule has 0 aliphatic heterocycles. The first-order valence-corrected chi connectivity index (χ1v) is 12.5. The fourth-order valence-electron chi connectivity index (χ4n) is 3.54. The Morgan fingerprint density at radius 3 is 2.39 bits per heavy atom. The van der Waals surface area contributed by atoms with Crippen molar-refractivity contribution in [2.75, 3.05) is 10.8 Å². The molecular formula is C27H26F3NO4S. The van der Waals surface area contributed by atoms with Crippen molar-refractivity contribution in [1.29, 1.82) is 0 Å². The van der Waals surface area contributed by atoms with Gasteiger partial charge in [-0.15, -0.1) is 6.58 Å². The lowest BCUT2D eigenvalue weighted by Gasteiger charge is -2.24. The van der Waals surface area contributed by atoms with Crippen LogP contribution in [0.1, 0.15) is 46.8 Å². The van der Waals surface area contributed by atoms with Gasteiger partial charge in [-0.05, 0) is 72.5 Å². The quantitative estimate of drug-likeness (QED) is 0.189. The lowest BCUT2D eigenvalue weighted by Crippen LogP contribution is -2.31. The Balaban J connectivity index is 1.96. The van der Waals surface area contributed by atoms with Crippen LogP contribution in [-0.4, -0.2) is 20.9 Å². The maximum atomic E-state index is 13.4. The molecule has 0 heterocycles. The van der Waals surface area contributed by atoms with Crippen LogP contribution < -0.4 is 9.04 Å². The fourth-order valence-corrected chi connectivity index (χ4v) is 5.02. The van der Waals surface area contributed by atoms with Gasteiger partial charge in [0.05, 0.1) is 28.3 Å². The van der Waals surface area contributed by atoms with Gasteiger partial charge in [-0.25, -0.2) is 13.2 Å². The molecule has 0 aliphatic rings. The Kier molecular flexibility index (Phi) is 7.93. The Labute approximate surface area is 208 Å². The van der Waals surface area contributed by atoms with Crippen LogP contribution in [0.2, 0.25) is 0 Å². The SMILES string of the molecule is C=CCN(c1cccc(C(F)(F)F)c1)S(=O)(=O)c1cccc(C(=O)Oc2cc(C)cc(C(C)C)c2)c1. The topological polar surface area (TPSA) is 63.7 Å². The summed E-state index contributed by atoms with van der Waals surface area (Å²) in [6.45, 7) is 9.13. The monoisotopic (exact) mass is 517 g/mol. The third kappa shape index (κ3) is 6.15. The number of aryl methyl sites for hydroxylation is 1. The van der Waals surface area contributed by atoms with Crippen molar-refractivity contribution in [1.82, 2.24) is 0 Å². The molecule has 3 rings (SSSR count). The number of nitrogens with zero attached hydrogens (tertiary/aromatic N) is 1. The second kappa shape index (κ2) is 10.6. The second-order valence-electron chi connectivity index (χ2n) is 8.52. The summed E-state index contributed by atoms with van der Waals surface area (Å²) in [7, 11) is -4.35. The van der Waals surface area contributed by atoms with E-state index in [1.54, 1.807) is 12.1 Å². The van der Waals surface area contributed by atoms with E-state index in [-0.39, 0.29) is 28.6 Å². The van der Waals surface area contributed by atoms with Crippen molar-refractivity contribution >= 4 is 21.7 Å². The van der Waals surface area contributed by atoms with Crippen molar-refractivity contribution in [3.05, 3.63) is 102 Å². The number of rotatable bonds is 8. The van der Waals surface area contributed by atoms with Crippen LogP contribution in [0.3, 0.4) is 0 Å². The normalized spacial score (nSPS) is 11.9. The van der Waals surface area contributed by atoms with Crippen LogP contribution in [-0.2, 0) is 16.2 Å². The molecule has 0 amide bonds. The summed E-state index contributed by atoms with van der Waals surface area (Å²) in [5.41, 5.74) is 0.697. The number of esters is 1. The van der Waals surface area contributed by atoms with E-state index in [0.29, 0.717) is 5.75 Å². The van der Waals surface area contributed by atoms with E-state index in [1.165, 1.54) is 30.3 Å². The average molecular weight is 518 g/mol. The van der Waals surface area contributed by atoms with E-state index < -0.39 is 27.7 Å². The number of hydrogen-bond donors (Lipinski definition) is 0. The van der Waals surface area contributed by atoms with Crippen LogP contribution in [0.25, 0.3) is 0 Å². The van der Waals surface area contributed by atoms with Crippen LogP contribution >= 0.6 is 0 Å². The summed E-state index contributed by atoms with van der Waals surface area (Å²) in [5, 5.41) is 0. The standard InChI is InChI=1S/C27H26F3NO4S/c1-5-12-31(23-10-7-9-22(17-23)27(28,29)30)36(33,34)25-11-6-8-20(16-25)26(32)35-24-14-19(4)13-21(15-24)18(2)3/h5-11,13-18H,1,12H2,2-4H3. The minimum Gasteiger partial charge on any atom is -0.423 e. The van der Waals surface area contributed by atoms with Crippen LogP contribution in [0.15, 0.2) is 84.3 Å². The molecule has 9 heteroatoms. The maximum Gasteiger partial charge on any atom is 0.416 e. The van der Waals surface area contributed by atoms with Gasteiger partial charge in [0.1, 0.15) is 5.75 Å². The molecular weight excluding hydrogens is 491 g/mol. The Hall–Kier alpha value is -3.59. The lowest BCUT2D eigenvalue weighted by atomic mass is 10.0. The van der Waals surface area contributed by atoms with Crippen molar-refractivity contribution in [3.63, 3.8) is 0 Å². The van der Waals surface area contributed by atoms with Gasteiger partial charge in [0.25, 0.3) is 10.0 Å². The van der Waals surface area contributed by atoms with E-state index in [2.05, 4.69) is 6.58 Å². The Bertz CT molecular complexity index is 1380. The molecule has 0 unspecified atom stereocenters. The minimum absolute atomic E-state index is 0.0220. The summed E-state index contributed by atoms with van der Waals surface area (Å²) in [6, 6.07) is 14.6. The Morgan fingerprint density at radius 1 is 1.06 bits per heavy atom. The zero-order valence-corrected chi connectivity index (χ0v) is 20.9. The Morgan fingerprint density at radius 2 is 1.75 bits per heavy atom. The number of anilines is 1. The number of alkyl halides is 3. The van der Waals surface area contributed by atoms with Crippen molar-refractivity contribution < 1.29 is 31.1 Å². The molecule has 3 aromatic carbocycles. The number of halogens is 3. The molecule has 0 N–H and O–H groups in total. The molecule has 0 fully saturated rings. The first-order valence-electron chi connectivity index (χ1n) is 11.1. The first-order chi connectivity index (χ1) is 16.8. The highest BCUT2D eigenvalue weighted by atomic mass is 32.2. The lowest BCUT2D eigenvalue weighted by molar-refractivity contribution is -0.137. The van der Waals surface area contributed by atoms with E-state index >= 15 is 0 Å². The van der Waals surface area contributed by atoms with E-state index in [1.807, 2.05) is 26.8 Å². The summed E-state index contributed by atoms with van der Waals surface area (Å²) in [5.74, 6) is -0.224. The van der Waals surface area contributed by atoms with Crippen molar-refractivity contribution in [3.8, 4) is 5.75 Å². The number of hydrogen-bond acceptors (Lipinski definition) is 4. The highest BCUT2D eigenvalue weighted by Crippen LogP contribution is 2.33. The molecule has 36 heavy (non-hydrogen) atoms. The summed E-state index contributed by atoms with van der Waals surface area (Å²) < 4.78 is 72.8. The van der Waals surface area contributed by atoms with Gasteiger partial charge < -0.3 is 4.74 Å². The minimum atomic E-state index is -4.64. The van der Waals surface area contributed by atoms with Gasteiger partial charge >= 0.3 is 12.1 Å². The molecule has 3 aromatic rings. The van der Waals surface area contributed by atoms with Crippen LogP contribution in [0.5, 0.6) is 5.75 Å². The van der Waals surface area contributed by atoms with Crippen molar-refractivity contribution in [2.45, 2.75) is 37.8 Å². The predicted octanol–water partition coefficient (Wildman–Crippen LogP) is 6.74.